The van der Waals surface area contributed by atoms with Crippen LogP contribution in [0.2, 0.25) is 5.02 Å². The molecule has 5 rings (SSSR count). The molecule has 1 amide bonds. The maximum absolute atomic E-state index is 13.5. The molecule has 2 heterocycles. The zero-order chi connectivity index (χ0) is 22.9. The van der Waals surface area contributed by atoms with E-state index in [0.29, 0.717) is 10.7 Å². The number of hydrogen-bond donors (Lipinski definition) is 1. The van der Waals surface area contributed by atoms with Gasteiger partial charge in [-0.25, -0.2) is 0 Å². The molecule has 2 atom stereocenters. The van der Waals surface area contributed by atoms with Gasteiger partial charge in [-0.2, -0.15) is 5.10 Å². The van der Waals surface area contributed by atoms with Crippen molar-refractivity contribution in [3.63, 3.8) is 0 Å². The largest absolute Gasteiger partial charge is 0.286 e. The monoisotopic (exact) mass is 522 g/mol. The molecule has 2 aliphatic heterocycles. The lowest BCUT2D eigenvalue weighted by Crippen LogP contribution is -2.46. The van der Waals surface area contributed by atoms with Crippen LogP contribution in [0.4, 0.5) is 11.4 Å². The second-order valence-electron chi connectivity index (χ2n) is 8.26. The highest BCUT2D eigenvalue weighted by Gasteiger charge is 2.42. The molecular weight excluding hydrogens is 500 g/mol. The zero-order valence-corrected chi connectivity index (χ0v) is 20.6. The molecule has 1 N–H and O–H groups in total. The summed E-state index contributed by atoms with van der Waals surface area (Å²) in [6.45, 7) is 2.85. The Labute approximate surface area is 207 Å². The van der Waals surface area contributed by atoms with Crippen molar-refractivity contribution in [3.8, 4) is 0 Å². The number of nitrogens with zero attached hydrogens (tertiary/aromatic N) is 3. The van der Waals surface area contributed by atoms with E-state index in [1.807, 2.05) is 64.6 Å². The van der Waals surface area contributed by atoms with Crippen molar-refractivity contribution in [3.05, 3.63) is 93.4 Å². The quantitative estimate of drug-likeness (QED) is 0.437. The van der Waals surface area contributed by atoms with Gasteiger partial charge in [-0.1, -0.05) is 76.9 Å². The third-order valence-electron chi connectivity index (χ3n) is 6.32. The SMILES string of the molecule is CC[C@@H]1C(C(=O)NN2CCc3ccccc32)=NN(c2ccccc2Cl)[C@@H]1c1ccc(Br)cc1. The number of anilines is 2. The summed E-state index contributed by atoms with van der Waals surface area (Å²) in [7, 11) is 0. The number of nitrogens with one attached hydrogen (secondary N) is 1. The number of halogens is 2. The van der Waals surface area contributed by atoms with Gasteiger partial charge in [0.1, 0.15) is 5.71 Å². The Hall–Kier alpha value is -2.83. The third-order valence-corrected chi connectivity index (χ3v) is 7.17. The van der Waals surface area contributed by atoms with Crippen LogP contribution < -0.4 is 15.4 Å². The van der Waals surface area contributed by atoms with Crippen molar-refractivity contribution in [1.82, 2.24) is 5.43 Å². The van der Waals surface area contributed by atoms with Crippen LogP contribution in [0.1, 0.15) is 30.5 Å². The normalized spacial score (nSPS) is 19.4. The Kier molecular flexibility index (Phi) is 6.13. The maximum Gasteiger partial charge on any atom is 0.286 e. The fourth-order valence-electron chi connectivity index (χ4n) is 4.71. The summed E-state index contributed by atoms with van der Waals surface area (Å²) in [5.74, 6) is -0.254. The summed E-state index contributed by atoms with van der Waals surface area (Å²) in [5, 5.41) is 9.31. The first-order valence-corrected chi connectivity index (χ1v) is 12.3. The van der Waals surface area contributed by atoms with E-state index in [9.17, 15) is 4.79 Å². The van der Waals surface area contributed by atoms with Crippen molar-refractivity contribution in [2.45, 2.75) is 25.8 Å². The predicted molar refractivity (Wildman–Crippen MR) is 138 cm³/mol. The standard InChI is InChI=1S/C26H24BrClN4O/c1-2-20-24(26(33)30-31-16-15-17-7-3-5-9-22(17)31)29-32(23-10-6-4-8-21(23)28)25(20)18-11-13-19(27)14-12-18/h3-14,20,25H,2,15-16H2,1H3,(H,30,33)/t20-,25-/m1/s1. The van der Waals surface area contributed by atoms with Gasteiger partial charge in [0.15, 0.2) is 0 Å². The minimum absolute atomic E-state index is 0.0831. The number of carbonyl (C=O) groups excluding carboxylic acids is 1. The highest BCUT2D eigenvalue weighted by atomic mass is 79.9. The smallest absolute Gasteiger partial charge is 0.285 e. The van der Waals surface area contributed by atoms with Crippen molar-refractivity contribution in [2.24, 2.45) is 11.0 Å². The predicted octanol–water partition coefficient (Wildman–Crippen LogP) is 6.14. The van der Waals surface area contributed by atoms with Crippen molar-refractivity contribution < 1.29 is 4.79 Å². The molecule has 7 heteroatoms. The Bertz CT molecular complexity index is 1210. The molecule has 3 aromatic carbocycles. The molecule has 0 spiro atoms. The van der Waals surface area contributed by atoms with Gasteiger partial charge in [0.05, 0.1) is 22.4 Å². The first-order chi connectivity index (χ1) is 16.1. The van der Waals surface area contributed by atoms with Crippen LogP contribution in [0, 0.1) is 5.92 Å². The van der Waals surface area contributed by atoms with E-state index >= 15 is 0 Å². The molecule has 33 heavy (non-hydrogen) atoms. The van der Waals surface area contributed by atoms with E-state index in [-0.39, 0.29) is 17.9 Å². The lowest BCUT2D eigenvalue weighted by Gasteiger charge is -2.29. The fraction of sp³-hybridized carbons (Fsp3) is 0.231. The Morgan fingerprint density at radius 1 is 1.06 bits per heavy atom. The van der Waals surface area contributed by atoms with Gasteiger partial charge in [-0.15, -0.1) is 0 Å². The number of benzene rings is 3. The van der Waals surface area contributed by atoms with E-state index in [4.69, 9.17) is 16.7 Å². The summed E-state index contributed by atoms with van der Waals surface area (Å²) in [5.41, 5.74) is 7.79. The summed E-state index contributed by atoms with van der Waals surface area (Å²) in [4.78, 5) is 13.5. The summed E-state index contributed by atoms with van der Waals surface area (Å²) in [6.07, 6.45) is 1.68. The van der Waals surface area contributed by atoms with Gasteiger partial charge < -0.3 is 0 Å². The van der Waals surface area contributed by atoms with E-state index in [1.165, 1.54) is 5.56 Å². The molecule has 0 aliphatic carbocycles. The fourth-order valence-corrected chi connectivity index (χ4v) is 5.20. The number of amides is 1. The average molecular weight is 524 g/mol. The van der Waals surface area contributed by atoms with Crippen LogP contribution in [0.3, 0.4) is 0 Å². The maximum atomic E-state index is 13.5. The van der Waals surface area contributed by atoms with Crippen LogP contribution in [-0.2, 0) is 11.2 Å². The highest BCUT2D eigenvalue weighted by Crippen LogP contribution is 2.43. The van der Waals surface area contributed by atoms with Crippen molar-refractivity contribution in [1.29, 1.82) is 0 Å². The lowest BCUT2D eigenvalue weighted by molar-refractivity contribution is -0.115. The summed E-state index contributed by atoms with van der Waals surface area (Å²) >= 11 is 10.1. The van der Waals surface area contributed by atoms with E-state index in [1.54, 1.807) is 0 Å². The molecule has 0 unspecified atom stereocenters. The van der Waals surface area contributed by atoms with E-state index in [0.717, 1.165) is 40.8 Å². The Balaban J connectivity index is 1.51. The van der Waals surface area contributed by atoms with Crippen molar-refractivity contribution >= 4 is 50.5 Å². The topological polar surface area (TPSA) is 47.9 Å². The van der Waals surface area contributed by atoms with Gasteiger partial charge in [0.25, 0.3) is 5.91 Å². The molecule has 3 aromatic rings. The zero-order valence-electron chi connectivity index (χ0n) is 18.2. The van der Waals surface area contributed by atoms with Gasteiger partial charge in [0.2, 0.25) is 0 Å². The molecule has 2 aliphatic rings. The number of fused-ring (bicyclic) bond motifs is 1. The minimum Gasteiger partial charge on any atom is -0.285 e. The van der Waals surface area contributed by atoms with Crippen molar-refractivity contribution in [2.75, 3.05) is 16.6 Å². The number of hydrazone groups is 1. The van der Waals surface area contributed by atoms with Gasteiger partial charge >= 0.3 is 0 Å². The molecule has 0 aromatic heterocycles. The molecule has 0 saturated heterocycles. The molecule has 0 bridgehead atoms. The second-order valence-corrected chi connectivity index (χ2v) is 9.59. The van der Waals surface area contributed by atoms with Gasteiger partial charge in [0, 0.05) is 16.9 Å². The first-order valence-electron chi connectivity index (χ1n) is 11.1. The van der Waals surface area contributed by atoms with Crippen LogP contribution in [-0.4, -0.2) is 18.2 Å². The number of rotatable bonds is 5. The van der Waals surface area contributed by atoms with Gasteiger partial charge in [-0.05, 0) is 54.3 Å². The van der Waals surface area contributed by atoms with Crippen LogP contribution in [0.15, 0.2) is 82.4 Å². The Morgan fingerprint density at radius 3 is 2.48 bits per heavy atom. The van der Waals surface area contributed by atoms with Crippen LogP contribution in [0.5, 0.6) is 0 Å². The lowest BCUT2D eigenvalue weighted by atomic mass is 9.87. The Morgan fingerprint density at radius 2 is 1.76 bits per heavy atom. The van der Waals surface area contributed by atoms with Crippen LogP contribution >= 0.6 is 27.5 Å². The minimum atomic E-state index is -0.171. The number of carbonyl (C=O) groups is 1. The summed E-state index contributed by atoms with van der Waals surface area (Å²) in [6, 6.07) is 23.9. The molecule has 5 nitrogen and oxygen atoms in total. The molecule has 168 valence electrons. The molecule has 0 fully saturated rings. The number of hydrazine groups is 1. The third kappa shape index (κ3) is 4.13. The molecule has 0 saturated carbocycles. The summed E-state index contributed by atoms with van der Waals surface area (Å²) < 4.78 is 1.01. The number of para-hydroxylation sites is 2. The van der Waals surface area contributed by atoms with E-state index < -0.39 is 0 Å². The van der Waals surface area contributed by atoms with E-state index in [2.05, 4.69) is 46.5 Å². The number of hydrogen-bond acceptors (Lipinski definition) is 4. The highest BCUT2D eigenvalue weighted by molar-refractivity contribution is 9.10. The average Bonchev–Trinajstić information content (AvgIpc) is 3.42. The van der Waals surface area contributed by atoms with Crippen LogP contribution in [0.25, 0.3) is 0 Å². The molecule has 0 radical (unpaired) electrons. The van der Waals surface area contributed by atoms with Gasteiger partial charge in [-0.3, -0.25) is 20.2 Å². The second kappa shape index (κ2) is 9.20. The first kappa shape index (κ1) is 22.0. The molecular formula is C26H24BrClN4O.